The second-order valence-electron chi connectivity index (χ2n) is 21.0. The fraction of sp³-hybridized carbons (Fsp3) is 0.897. The highest BCUT2D eigenvalue weighted by atomic mass is 31.2. The molecule has 0 saturated carbocycles. The highest BCUT2D eigenvalue weighted by Crippen LogP contribution is 2.38. The minimum Gasteiger partial charge on any atom is -0.756 e. The highest BCUT2D eigenvalue weighted by Gasteiger charge is 2.22. The summed E-state index contributed by atoms with van der Waals surface area (Å²) in [5.74, 6) is -0.837. The molecule has 2 atom stereocenters. The van der Waals surface area contributed by atoms with E-state index in [1.54, 1.807) is 0 Å². The van der Waals surface area contributed by atoms with Crippen LogP contribution >= 0.6 is 7.82 Å². The van der Waals surface area contributed by atoms with Crippen molar-refractivity contribution in [2.45, 2.75) is 290 Å². The summed E-state index contributed by atoms with van der Waals surface area (Å²) in [5.41, 5.74) is 0. The van der Waals surface area contributed by atoms with Crippen molar-refractivity contribution in [3.8, 4) is 0 Å². The number of carbonyl (C=O) groups excluding carboxylic acids is 2. The molecular formula is C58H112NO8P. The van der Waals surface area contributed by atoms with E-state index in [1.165, 1.54) is 186 Å². The predicted molar refractivity (Wildman–Crippen MR) is 287 cm³/mol. The lowest BCUT2D eigenvalue weighted by atomic mass is 10.0. The van der Waals surface area contributed by atoms with Gasteiger partial charge >= 0.3 is 11.9 Å². The minimum atomic E-state index is -4.63. The summed E-state index contributed by atoms with van der Waals surface area (Å²) >= 11 is 0. The Morgan fingerprint density at radius 2 is 0.809 bits per heavy atom. The Kier molecular flexibility index (Phi) is 49.3. The Morgan fingerprint density at radius 1 is 0.456 bits per heavy atom. The molecule has 402 valence electrons. The molecule has 68 heavy (non-hydrogen) atoms. The second-order valence-corrected chi connectivity index (χ2v) is 22.4. The van der Waals surface area contributed by atoms with Crippen molar-refractivity contribution >= 4 is 19.8 Å². The van der Waals surface area contributed by atoms with E-state index < -0.39 is 26.5 Å². The molecule has 0 saturated heterocycles. The summed E-state index contributed by atoms with van der Waals surface area (Å²) in [5, 5.41) is 0. The van der Waals surface area contributed by atoms with Gasteiger partial charge in [-0.2, -0.15) is 0 Å². The van der Waals surface area contributed by atoms with Crippen LogP contribution in [0.3, 0.4) is 0 Å². The summed E-state index contributed by atoms with van der Waals surface area (Å²) in [6.45, 7) is 4.22. The van der Waals surface area contributed by atoms with E-state index >= 15 is 0 Å². The maximum absolute atomic E-state index is 12.7. The summed E-state index contributed by atoms with van der Waals surface area (Å²) < 4.78 is 34.1. The molecule has 9 nitrogen and oxygen atoms in total. The quantitative estimate of drug-likeness (QED) is 0.0195. The van der Waals surface area contributed by atoms with Gasteiger partial charge in [-0.3, -0.25) is 14.2 Å². The molecule has 0 aliphatic carbocycles. The van der Waals surface area contributed by atoms with Crippen LogP contribution in [0.5, 0.6) is 0 Å². The monoisotopic (exact) mass is 982 g/mol. The van der Waals surface area contributed by atoms with Crippen LogP contribution in [0.15, 0.2) is 24.3 Å². The Labute approximate surface area is 421 Å². The first-order chi connectivity index (χ1) is 33.0. The van der Waals surface area contributed by atoms with Crippen molar-refractivity contribution in [2.75, 3.05) is 47.5 Å². The fourth-order valence-electron chi connectivity index (χ4n) is 8.44. The van der Waals surface area contributed by atoms with Crippen molar-refractivity contribution in [3.05, 3.63) is 24.3 Å². The number of rotatable bonds is 54. The molecule has 0 fully saturated rings. The zero-order valence-electron chi connectivity index (χ0n) is 45.6. The van der Waals surface area contributed by atoms with Crippen molar-refractivity contribution in [1.29, 1.82) is 0 Å². The van der Waals surface area contributed by atoms with Crippen LogP contribution in [0.4, 0.5) is 0 Å². The van der Waals surface area contributed by atoms with Gasteiger partial charge in [-0.25, -0.2) is 0 Å². The predicted octanol–water partition coefficient (Wildman–Crippen LogP) is 17.2. The van der Waals surface area contributed by atoms with E-state index in [0.717, 1.165) is 64.2 Å². The first-order valence-electron chi connectivity index (χ1n) is 29.0. The topological polar surface area (TPSA) is 111 Å². The van der Waals surface area contributed by atoms with Gasteiger partial charge in [0.05, 0.1) is 27.7 Å². The number of ether oxygens (including phenoxy) is 2. The van der Waals surface area contributed by atoms with E-state index in [-0.39, 0.29) is 32.0 Å². The minimum absolute atomic E-state index is 0.0316. The lowest BCUT2D eigenvalue weighted by Crippen LogP contribution is -2.37. The average Bonchev–Trinajstić information content (AvgIpc) is 3.30. The number of carbonyl (C=O) groups is 2. The molecule has 0 heterocycles. The number of unbranched alkanes of at least 4 members (excludes halogenated alkanes) is 36. The molecule has 0 aliphatic heterocycles. The summed E-state index contributed by atoms with van der Waals surface area (Å²) in [6.07, 6.45) is 59.6. The third-order valence-electron chi connectivity index (χ3n) is 13.0. The first kappa shape index (κ1) is 66.5. The summed E-state index contributed by atoms with van der Waals surface area (Å²) in [7, 11) is 1.17. The van der Waals surface area contributed by atoms with Crippen molar-refractivity contribution in [2.24, 2.45) is 0 Å². The second kappa shape index (κ2) is 50.4. The summed E-state index contributed by atoms with van der Waals surface area (Å²) in [4.78, 5) is 37.8. The van der Waals surface area contributed by atoms with E-state index in [1.807, 2.05) is 21.1 Å². The maximum atomic E-state index is 12.7. The zero-order valence-corrected chi connectivity index (χ0v) is 46.5. The zero-order chi connectivity index (χ0) is 49.9. The van der Waals surface area contributed by atoms with Crippen LogP contribution < -0.4 is 4.89 Å². The van der Waals surface area contributed by atoms with Gasteiger partial charge in [0.1, 0.15) is 19.8 Å². The molecule has 10 heteroatoms. The number of hydrogen-bond donors (Lipinski definition) is 0. The molecule has 0 N–H and O–H groups in total. The van der Waals surface area contributed by atoms with E-state index in [9.17, 15) is 19.0 Å². The van der Waals surface area contributed by atoms with Gasteiger partial charge in [-0.05, 0) is 38.5 Å². The standard InChI is InChI=1S/C58H112NO8P/c1-6-8-10-12-14-16-18-20-22-23-24-25-26-27-28-29-30-31-32-33-34-35-36-37-39-40-42-44-46-48-50-57(60)64-54-56(55-66-68(62,63)65-53-52-59(3,4)5)67-58(61)51-49-47-45-43-41-38-21-19-17-15-13-11-9-7-2/h13,15,19,21,56H,6-12,14,16-18,20,22-55H2,1-5H3/b15-13-,21-19-. The maximum Gasteiger partial charge on any atom is 0.306 e. The number of hydrogen-bond acceptors (Lipinski definition) is 8. The SMILES string of the molecule is CCCC/C=C\C/C=C\CCCCCCCC(=O)OC(COC(=O)CCCCCCCCCCCCCCCCCCCCCCCCCCCCCCCC)COP(=O)([O-])OCC[N+](C)(C)C. The third-order valence-corrected chi connectivity index (χ3v) is 13.9. The van der Waals surface area contributed by atoms with E-state index in [2.05, 4.69) is 38.2 Å². The number of phosphoric ester groups is 1. The fourth-order valence-corrected chi connectivity index (χ4v) is 9.17. The van der Waals surface area contributed by atoms with Gasteiger partial charge in [0, 0.05) is 12.8 Å². The Bertz CT molecular complexity index is 1200. The van der Waals surface area contributed by atoms with Gasteiger partial charge < -0.3 is 27.9 Å². The molecular weight excluding hydrogens is 870 g/mol. The number of nitrogens with zero attached hydrogens (tertiary/aromatic N) is 1. The smallest absolute Gasteiger partial charge is 0.306 e. The molecule has 0 amide bonds. The molecule has 0 aromatic rings. The number of allylic oxidation sites excluding steroid dienone is 4. The Hall–Kier alpha value is -1.51. The van der Waals surface area contributed by atoms with Crippen molar-refractivity contribution in [3.63, 3.8) is 0 Å². The van der Waals surface area contributed by atoms with Crippen LogP contribution in [0.2, 0.25) is 0 Å². The van der Waals surface area contributed by atoms with Gasteiger partial charge in [0.2, 0.25) is 0 Å². The van der Waals surface area contributed by atoms with Crippen LogP contribution in [-0.4, -0.2) is 70.0 Å². The van der Waals surface area contributed by atoms with Crippen LogP contribution in [0.25, 0.3) is 0 Å². The lowest BCUT2D eigenvalue weighted by Gasteiger charge is -2.28. The van der Waals surface area contributed by atoms with E-state index in [0.29, 0.717) is 17.4 Å². The van der Waals surface area contributed by atoms with Crippen LogP contribution in [0, 0.1) is 0 Å². The number of likely N-dealkylation sites (N-methyl/N-ethyl adjacent to an activating group) is 1. The molecule has 0 bridgehead atoms. The summed E-state index contributed by atoms with van der Waals surface area (Å²) in [6, 6.07) is 0. The highest BCUT2D eigenvalue weighted by molar-refractivity contribution is 7.45. The number of quaternary nitrogens is 1. The van der Waals surface area contributed by atoms with Crippen molar-refractivity contribution < 1.29 is 42.1 Å². The van der Waals surface area contributed by atoms with Gasteiger partial charge in [0.15, 0.2) is 6.10 Å². The van der Waals surface area contributed by atoms with Crippen LogP contribution in [0.1, 0.15) is 284 Å². The van der Waals surface area contributed by atoms with Crippen LogP contribution in [-0.2, 0) is 32.7 Å². The first-order valence-corrected chi connectivity index (χ1v) is 30.5. The molecule has 0 radical (unpaired) electrons. The van der Waals surface area contributed by atoms with Gasteiger partial charge in [0.25, 0.3) is 7.82 Å². The molecule has 0 aromatic heterocycles. The normalized spacial score (nSPS) is 13.4. The lowest BCUT2D eigenvalue weighted by molar-refractivity contribution is -0.870. The Balaban J connectivity index is 4.00. The Morgan fingerprint density at radius 3 is 1.21 bits per heavy atom. The number of phosphoric acid groups is 1. The molecule has 0 spiro atoms. The molecule has 2 unspecified atom stereocenters. The van der Waals surface area contributed by atoms with Crippen molar-refractivity contribution in [1.82, 2.24) is 0 Å². The molecule has 0 aliphatic rings. The third kappa shape index (κ3) is 53.8. The van der Waals surface area contributed by atoms with Gasteiger partial charge in [-0.15, -0.1) is 0 Å². The molecule has 0 rings (SSSR count). The average molecular weight is 983 g/mol. The van der Waals surface area contributed by atoms with Gasteiger partial charge in [-0.1, -0.05) is 256 Å². The largest absolute Gasteiger partial charge is 0.756 e. The molecule has 0 aromatic carbocycles. The number of esters is 2. The van der Waals surface area contributed by atoms with E-state index in [4.69, 9.17) is 18.5 Å².